The highest BCUT2D eigenvalue weighted by atomic mass is 16.3. The van der Waals surface area contributed by atoms with E-state index in [-0.39, 0.29) is 11.8 Å². The number of hydrogen-bond acceptors (Lipinski definition) is 5. The maximum atomic E-state index is 13.1. The summed E-state index contributed by atoms with van der Waals surface area (Å²) >= 11 is 0. The number of amides is 2. The van der Waals surface area contributed by atoms with Crippen molar-refractivity contribution in [1.29, 1.82) is 0 Å². The van der Waals surface area contributed by atoms with Crippen LogP contribution in [0, 0.1) is 0 Å². The Labute approximate surface area is 167 Å². The lowest BCUT2D eigenvalue weighted by atomic mass is 9.91. The number of likely N-dealkylation sites (N-methyl/N-ethyl adjacent to an activating group) is 1. The van der Waals surface area contributed by atoms with Gasteiger partial charge in [-0.1, -0.05) is 24.3 Å². The fourth-order valence-corrected chi connectivity index (χ4v) is 3.82. The van der Waals surface area contributed by atoms with Gasteiger partial charge in [-0.05, 0) is 49.8 Å². The molecule has 0 unspecified atom stereocenters. The minimum Gasteiger partial charge on any atom is -0.436 e. The lowest BCUT2D eigenvalue weighted by Gasteiger charge is -2.28. The molecular formula is C23H19N3O3. The van der Waals surface area contributed by atoms with Crippen molar-refractivity contribution < 1.29 is 14.0 Å². The molecule has 2 heterocycles. The monoisotopic (exact) mass is 385 g/mol. The molecule has 1 aliphatic heterocycles. The highest BCUT2D eigenvalue weighted by molar-refractivity contribution is 6.26. The van der Waals surface area contributed by atoms with E-state index in [9.17, 15) is 9.59 Å². The Bertz CT molecular complexity index is 1230. The summed E-state index contributed by atoms with van der Waals surface area (Å²) < 4.78 is 5.94. The van der Waals surface area contributed by atoms with Crippen LogP contribution >= 0.6 is 0 Å². The van der Waals surface area contributed by atoms with Crippen LogP contribution in [0.5, 0.6) is 0 Å². The summed E-state index contributed by atoms with van der Waals surface area (Å²) in [6.45, 7) is 0.969. The number of oxazole rings is 1. The Kier molecular flexibility index (Phi) is 3.96. The zero-order chi connectivity index (χ0) is 20.1. The largest absolute Gasteiger partial charge is 0.436 e. The van der Waals surface area contributed by atoms with E-state index in [2.05, 4.69) is 4.98 Å². The normalized spacial score (nSPS) is 13.8. The van der Waals surface area contributed by atoms with Gasteiger partial charge >= 0.3 is 0 Å². The second kappa shape index (κ2) is 6.53. The van der Waals surface area contributed by atoms with Gasteiger partial charge in [-0.25, -0.2) is 4.98 Å². The van der Waals surface area contributed by atoms with Crippen LogP contribution in [-0.4, -0.2) is 53.8 Å². The first-order chi connectivity index (χ1) is 14.0. The number of carbonyl (C=O) groups excluding carboxylic acids is 2. The van der Waals surface area contributed by atoms with E-state index in [1.807, 2.05) is 61.5 Å². The van der Waals surface area contributed by atoms with E-state index in [1.165, 1.54) is 4.90 Å². The predicted molar refractivity (Wildman–Crippen MR) is 111 cm³/mol. The third-order valence-corrected chi connectivity index (χ3v) is 5.29. The van der Waals surface area contributed by atoms with E-state index in [4.69, 9.17) is 4.42 Å². The van der Waals surface area contributed by atoms with Crippen LogP contribution in [-0.2, 0) is 0 Å². The molecule has 0 saturated heterocycles. The molecule has 0 fully saturated rings. The molecule has 1 aromatic heterocycles. The second-order valence-electron chi connectivity index (χ2n) is 7.44. The number of para-hydroxylation sites is 2. The summed E-state index contributed by atoms with van der Waals surface area (Å²) in [7, 11) is 3.83. The number of carbonyl (C=O) groups is 2. The first kappa shape index (κ1) is 17.6. The van der Waals surface area contributed by atoms with Gasteiger partial charge in [0.15, 0.2) is 5.58 Å². The smallest absolute Gasteiger partial charge is 0.261 e. The van der Waals surface area contributed by atoms with Crippen molar-refractivity contribution >= 4 is 33.7 Å². The Morgan fingerprint density at radius 2 is 1.62 bits per heavy atom. The number of imide groups is 1. The predicted octanol–water partition coefficient (Wildman–Crippen LogP) is 3.81. The van der Waals surface area contributed by atoms with Crippen LogP contribution in [0.3, 0.4) is 0 Å². The molecular weight excluding hydrogens is 366 g/mol. The van der Waals surface area contributed by atoms with Gasteiger partial charge in [-0.15, -0.1) is 0 Å². The maximum Gasteiger partial charge on any atom is 0.261 e. The van der Waals surface area contributed by atoms with Crippen molar-refractivity contribution in [2.75, 3.05) is 27.2 Å². The van der Waals surface area contributed by atoms with Crippen molar-refractivity contribution in [3.63, 3.8) is 0 Å². The number of fused-ring (bicyclic) bond motifs is 1. The van der Waals surface area contributed by atoms with Crippen LogP contribution in [0.1, 0.15) is 20.7 Å². The highest BCUT2D eigenvalue weighted by Crippen LogP contribution is 2.37. The second-order valence-corrected chi connectivity index (χ2v) is 7.44. The van der Waals surface area contributed by atoms with Gasteiger partial charge in [0.25, 0.3) is 11.8 Å². The molecule has 6 heteroatoms. The summed E-state index contributed by atoms with van der Waals surface area (Å²) in [6.07, 6.45) is 0. The molecule has 0 atom stereocenters. The van der Waals surface area contributed by atoms with Crippen molar-refractivity contribution in [2.24, 2.45) is 0 Å². The molecule has 0 N–H and O–H groups in total. The van der Waals surface area contributed by atoms with Crippen molar-refractivity contribution in [3.05, 3.63) is 65.7 Å². The van der Waals surface area contributed by atoms with Crippen molar-refractivity contribution in [1.82, 2.24) is 14.8 Å². The minimum atomic E-state index is -0.260. The van der Waals surface area contributed by atoms with Gasteiger partial charge in [-0.3, -0.25) is 14.5 Å². The van der Waals surface area contributed by atoms with Gasteiger partial charge in [-0.2, -0.15) is 0 Å². The standard InChI is InChI=1S/C23H19N3O3/c1-25(2)12-13-26-22(27)16-7-5-6-14-15(10-11-17(20(14)16)23(26)28)21-24-18-8-3-4-9-19(18)29-21/h3-11H,12-13H2,1-2H3. The highest BCUT2D eigenvalue weighted by Gasteiger charge is 2.33. The van der Waals surface area contributed by atoms with Gasteiger partial charge in [0.1, 0.15) is 5.52 Å². The first-order valence-electron chi connectivity index (χ1n) is 9.47. The zero-order valence-electron chi connectivity index (χ0n) is 16.2. The van der Waals surface area contributed by atoms with Crippen LogP contribution in [0.25, 0.3) is 33.3 Å². The molecule has 3 aromatic carbocycles. The molecule has 2 amide bonds. The van der Waals surface area contributed by atoms with Gasteiger partial charge in [0.2, 0.25) is 5.89 Å². The lowest BCUT2D eigenvalue weighted by Crippen LogP contribution is -2.43. The topological polar surface area (TPSA) is 66.7 Å². The molecule has 6 nitrogen and oxygen atoms in total. The van der Waals surface area contributed by atoms with E-state index in [0.717, 1.165) is 16.5 Å². The summed E-state index contributed by atoms with van der Waals surface area (Å²) in [5.74, 6) is -0.0424. The van der Waals surface area contributed by atoms with E-state index >= 15 is 0 Å². The lowest BCUT2D eigenvalue weighted by molar-refractivity contribution is 0.0601. The molecule has 0 bridgehead atoms. The molecule has 0 saturated carbocycles. The number of benzene rings is 3. The quantitative estimate of drug-likeness (QED) is 0.500. The Morgan fingerprint density at radius 3 is 2.38 bits per heavy atom. The number of rotatable bonds is 4. The molecule has 29 heavy (non-hydrogen) atoms. The number of nitrogens with zero attached hydrogens (tertiary/aromatic N) is 3. The fraction of sp³-hybridized carbons (Fsp3) is 0.174. The third kappa shape index (κ3) is 2.72. The molecule has 4 aromatic rings. The van der Waals surface area contributed by atoms with Crippen molar-refractivity contribution in [2.45, 2.75) is 0 Å². The van der Waals surface area contributed by atoms with Crippen molar-refractivity contribution in [3.8, 4) is 11.5 Å². The molecule has 0 aliphatic carbocycles. The van der Waals surface area contributed by atoms with E-state index in [1.54, 1.807) is 12.1 Å². The molecule has 0 spiro atoms. The molecule has 5 rings (SSSR count). The van der Waals surface area contributed by atoms with Crippen LogP contribution in [0.15, 0.2) is 59.0 Å². The van der Waals surface area contributed by atoms with Crippen LogP contribution < -0.4 is 0 Å². The number of aromatic nitrogens is 1. The zero-order valence-corrected chi connectivity index (χ0v) is 16.2. The molecule has 0 radical (unpaired) electrons. The van der Waals surface area contributed by atoms with Gasteiger partial charge in [0.05, 0.1) is 0 Å². The molecule has 144 valence electrons. The Hall–Kier alpha value is -3.51. The number of hydrogen-bond donors (Lipinski definition) is 0. The SMILES string of the molecule is CN(C)CCN1C(=O)c2cccc3c(-c4nc5ccccc5o4)ccc(c23)C1=O. The average Bonchev–Trinajstić information content (AvgIpc) is 3.15. The summed E-state index contributed by atoms with van der Waals surface area (Å²) in [4.78, 5) is 34.0. The van der Waals surface area contributed by atoms with E-state index < -0.39 is 0 Å². The third-order valence-electron chi connectivity index (χ3n) is 5.29. The summed E-state index contributed by atoms with van der Waals surface area (Å²) in [5.41, 5.74) is 3.31. The van der Waals surface area contributed by atoms with Crippen LogP contribution in [0.4, 0.5) is 0 Å². The minimum absolute atomic E-state index is 0.260. The molecule has 1 aliphatic rings. The maximum absolute atomic E-state index is 13.1. The summed E-state index contributed by atoms with van der Waals surface area (Å²) in [5, 5.41) is 1.46. The summed E-state index contributed by atoms with van der Waals surface area (Å²) in [6, 6.07) is 16.7. The Balaban J connectivity index is 1.68. The fourth-order valence-electron chi connectivity index (χ4n) is 3.82. The van der Waals surface area contributed by atoms with Crippen LogP contribution in [0.2, 0.25) is 0 Å². The van der Waals surface area contributed by atoms with Gasteiger partial charge in [0, 0.05) is 35.2 Å². The average molecular weight is 385 g/mol. The first-order valence-corrected chi connectivity index (χ1v) is 9.47. The Morgan fingerprint density at radius 1 is 0.897 bits per heavy atom. The van der Waals surface area contributed by atoms with E-state index in [0.29, 0.717) is 41.1 Å². The van der Waals surface area contributed by atoms with Gasteiger partial charge < -0.3 is 9.32 Å².